The van der Waals surface area contributed by atoms with Gasteiger partial charge >= 0.3 is 0 Å². The summed E-state index contributed by atoms with van der Waals surface area (Å²) in [4.78, 5) is 15.1. The van der Waals surface area contributed by atoms with E-state index in [1.54, 1.807) is 14.2 Å². The molecule has 0 N–H and O–H groups in total. The van der Waals surface area contributed by atoms with Crippen molar-refractivity contribution in [1.82, 2.24) is 4.90 Å². The second-order valence-electron chi connectivity index (χ2n) is 7.65. The molecule has 0 saturated heterocycles. The Morgan fingerprint density at radius 1 is 0.969 bits per heavy atom. The number of methoxy groups -OCH3 is 2. The van der Waals surface area contributed by atoms with E-state index in [1.165, 1.54) is 0 Å². The summed E-state index contributed by atoms with van der Waals surface area (Å²) in [6, 6.07) is 21.1. The molecule has 6 heteroatoms. The largest absolute Gasteiger partial charge is 0.493 e. The molecule has 4 rings (SSSR count). The highest BCUT2D eigenvalue weighted by atomic mass is 35.5. The van der Waals surface area contributed by atoms with Crippen LogP contribution in [0.2, 0.25) is 5.02 Å². The smallest absolute Gasteiger partial charge is 0.249 e. The van der Waals surface area contributed by atoms with Gasteiger partial charge in [0.15, 0.2) is 11.5 Å². The van der Waals surface area contributed by atoms with E-state index < -0.39 is 0 Å². The van der Waals surface area contributed by atoms with Gasteiger partial charge in [0.05, 0.1) is 26.9 Å². The Balaban J connectivity index is 1.65. The minimum Gasteiger partial charge on any atom is -0.493 e. The second kappa shape index (κ2) is 10.1. The Morgan fingerprint density at radius 2 is 1.66 bits per heavy atom. The van der Waals surface area contributed by atoms with Gasteiger partial charge < -0.3 is 19.1 Å². The van der Waals surface area contributed by atoms with Crippen molar-refractivity contribution in [2.24, 2.45) is 0 Å². The first-order chi connectivity index (χ1) is 15.6. The summed E-state index contributed by atoms with van der Waals surface area (Å²) in [5.41, 5.74) is 4.00. The van der Waals surface area contributed by atoms with Gasteiger partial charge in [0, 0.05) is 11.6 Å². The molecular weight excluding hydrogens is 426 g/mol. The third-order valence-electron chi connectivity index (χ3n) is 5.73. The maximum atomic E-state index is 13.3. The predicted molar refractivity (Wildman–Crippen MR) is 124 cm³/mol. The van der Waals surface area contributed by atoms with E-state index in [-0.39, 0.29) is 18.6 Å². The first kappa shape index (κ1) is 22.2. The van der Waals surface area contributed by atoms with Crippen molar-refractivity contribution in [2.45, 2.75) is 19.1 Å². The zero-order valence-electron chi connectivity index (χ0n) is 18.2. The Morgan fingerprint density at radius 3 is 2.38 bits per heavy atom. The molecule has 0 aliphatic carbocycles. The van der Waals surface area contributed by atoms with Crippen molar-refractivity contribution in [3.63, 3.8) is 0 Å². The number of ether oxygens (including phenoxy) is 3. The van der Waals surface area contributed by atoms with Gasteiger partial charge in [-0.25, -0.2) is 0 Å². The quantitative estimate of drug-likeness (QED) is 0.504. The summed E-state index contributed by atoms with van der Waals surface area (Å²) in [6.07, 6.45) is 0.709. The van der Waals surface area contributed by atoms with Crippen molar-refractivity contribution < 1.29 is 19.0 Å². The molecule has 0 fully saturated rings. The molecule has 1 amide bonds. The van der Waals surface area contributed by atoms with E-state index in [1.807, 2.05) is 71.6 Å². The molecule has 3 aromatic rings. The Hall–Kier alpha value is -3.02. The highest BCUT2D eigenvalue weighted by Gasteiger charge is 2.34. The number of fused-ring (bicyclic) bond motifs is 1. The molecule has 0 aromatic heterocycles. The molecule has 0 unspecified atom stereocenters. The Labute approximate surface area is 193 Å². The predicted octanol–water partition coefficient (Wildman–Crippen LogP) is 5.05. The molecular formula is C26H26ClNO4. The molecule has 0 radical (unpaired) electrons. The van der Waals surface area contributed by atoms with Crippen molar-refractivity contribution in [3.05, 3.63) is 94.0 Å². The molecule has 1 atom stereocenters. The average molecular weight is 452 g/mol. The summed E-state index contributed by atoms with van der Waals surface area (Å²) < 4.78 is 16.8. The van der Waals surface area contributed by atoms with Crippen LogP contribution in [0.5, 0.6) is 11.5 Å². The van der Waals surface area contributed by atoms with E-state index >= 15 is 0 Å². The number of amides is 1. The van der Waals surface area contributed by atoms with Crippen LogP contribution in [-0.2, 0) is 22.6 Å². The number of hydrogen-bond acceptors (Lipinski definition) is 4. The van der Waals surface area contributed by atoms with Crippen molar-refractivity contribution in [3.8, 4) is 11.5 Å². The molecule has 0 spiro atoms. The molecule has 32 heavy (non-hydrogen) atoms. The molecule has 1 heterocycles. The number of hydrogen-bond donors (Lipinski definition) is 0. The van der Waals surface area contributed by atoms with Gasteiger partial charge in [0.25, 0.3) is 0 Å². The van der Waals surface area contributed by atoms with Gasteiger partial charge in [0.1, 0.15) is 6.61 Å². The van der Waals surface area contributed by atoms with Crippen LogP contribution >= 0.6 is 11.6 Å². The zero-order chi connectivity index (χ0) is 22.5. The van der Waals surface area contributed by atoms with Gasteiger partial charge in [-0.15, -0.1) is 0 Å². The van der Waals surface area contributed by atoms with E-state index in [9.17, 15) is 4.79 Å². The molecule has 0 saturated carbocycles. The lowest BCUT2D eigenvalue weighted by molar-refractivity contribution is -0.138. The fourth-order valence-corrected chi connectivity index (χ4v) is 4.40. The lowest BCUT2D eigenvalue weighted by atomic mass is 9.87. The van der Waals surface area contributed by atoms with E-state index in [0.29, 0.717) is 36.1 Å². The van der Waals surface area contributed by atoms with Gasteiger partial charge in [-0.3, -0.25) is 4.79 Å². The second-order valence-corrected chi connectivity index (χ2v) is 8.05. The highest BCUT2D eigenvalue weighted by molar-refractivity contribution is 6.31. The summed E-state index contributed by atoms with van der Waals surface area (Å²) in [6.45, 7) is 0.948. The lowest BCUT2D eigenvalue weighted by Crippen LogP contribution is -2.42. The van der Waals surface area contributed by atoms with Crippen molar-refractivity contribution >= 4 is 17.5 Å². The van der Waals surface area contributed by atoms with Crippen LogP contribution in [0.25, 0.3) is 0 Å². The van der Waals surface area contributed by atoms with Gasteiger partial charge in [0.2, 0.25) is 5.91 Å². The van der Waals surface area contributed by atoms with Crippen LogP contribution < -0.4 is 9.47 Å². The number of halogens is 1. The zero-order valence-corrected chi connectivity index (χ0v) is 19.0. The van der Waals surface area contributed by atoms with Crippen molar-refractivity contribution in [2.75, 3.05) is 27.4 Å². The molecule has 1 aliphatic rings. The van der Waals surface area contributed by atoms with E-state index in [4.69, 9.17) is 25.8 Å². The first-order valence-corrected chi connectivity index (χ1v) is 10.9. The van der Waals surface area contributed by atoms with E-state index in [0.717, 1.165) is 22.3 Å². The minimum absolute atomic E-state index is 0.00152. The molecule has 1 aliphatic heterocycles. The lowest BCUT2D eigenvalue weighted by Gasteiger charge is -2.38. The Bertz CT molecular complexity index is 1090. The molecule has 3 aromatic carbocycles. The molecule has 166 valence electrons. The monoisotopic (exact) mass is 451 g/mol. The highest BCUT2D eigenvalue weighted by Crippen LogP contribution is 2.42. The van der Waals surface area contributed by atoms with Crippen LogP contribution in [0.15, 0.2) is 66.7 Å². The topological polar surface area (TPSA) is 48.0 Å². The van der Waals surface area contributed by atoms with Crippen LogP contribution in [0, 0.1) is 0 Å². The fraction of sp³-hybridized carbons (Fsp3) is 0.269. The third kappa shape index (κ3) is 4.59. The number of carbonyl (C=O) groups is 1. The SMILES string of the molecule is COc1cc2c(cc1OC)[C@@H](c1ccccc1Cl)N(C(=O)COCc1ccccc1)CC2. The summed E-state index contributed by atoms with van der Waals surface area (Å²) in [5.74, 6) is 1.22. The normalized spacial score (nSPS) is 15.2. The number of benzene rings is 3. The maximum Gasteiger partial charge on any atom is 0.249 e. The van der Waals surface area contributed by atoms with Crippen LogP contribution in [0.4, 0.5) is 0 Å². The third-order valence-corrected chi connectivity index (χ3v) is 6.08. The van der Waals surface area contributed by atoms with Crippen molar-refractivity contribution in [1.29, 1.82) is 0 Å². The summed E-state index contributed by atoms with van der Waals surface area (Å²) in [7, 11) is 3.23. The molecule has 5 nitrogen and oxygen atoms in total. The van der Waals surface area contributed by atoms with Gasteiger partial charge in [-0.05, 0) is 46.9 Å². The standard InChI is InChI=1S/C26H26ClNO4/c1-30-23-14-19-12-13-28(25(29)17-32-16-18-8-4-3-5-9-18)26(21(19)15-24(23)31-2)20-10-6-7-11-22(20)27/h3-11,14-15,26H,12-13,16-17H2,1-2H3/t26-/m1/s1. The average Bonchev–Trinajstić information content (AvgIpc) is 2.83. The maximum absolute atomic E-state index is 13.3. The van der Waals surface area contributed by atoms with Crippen LogP contribution in [-0.4, -0.2) is 38.2 Å². The number of nitrogens with zero attached hydrogens (tertiary/aromatic N) is 1. The van der Waals surface area contributed by atoms with E-state index in [2.05, 4.69) is 0 Å². The van der Waals surface area contributed by atoms with Crippen LogP contribution in [0.3, 0.4) is 0 Å². The summed E-state index contributed by atoms with van der Waals surface area (Å²) in [5, 5.41) is 0.614. The van der Waals surface area contributed by atoms with Crippen LogP contribution in [0.1, 0.15) is 28.3 Å². The first-order valence-electron chi connectivity index (χ1n) is 10.5. The van der Waals surface area contributed by atoms with Gasteiger partial charge in [-0.1, -0.05) is 60.1 Å². The number of carbonyl (C=O) groups excluding carboxylic acids is 1. The number of rotatable bonds is 7. The van der Waals surface area contributed by atoms with Gasteiger partial charge in [-0.2, -0.15) is 0 Å². The fourth-order valence-electron chi connectivity index (χ4n) is 4.16. The summed E-state index contributed by atoms with van der Waals surface area (Å²) >= 11 is 6.59. The minimum atomic E-state index is -0.333. The molecule has 0 bridgehead atoms. The Kier molecular flexibility index (Phi) is 6.98.